The van der Waals surface area contributed by atoms with E-state index in [1.807, 2.05) is 23.1 Å². The largest absolute Gasteiger partial charge is 0.493 e. The Hall–Kier alpha value is -2.01. The van der Waals surface area contributed by atoms with E-state index in [-0.39, 0.29) is 5.91 Å². The van der Waals surface area contributed by atoms with Gasteiger partial charge in [0.15, 0.2) is 11.5 Å². The highest BCUT2D eigenvalue weighted by atomic mass is 32.1. The Balaban J connectivity index is 1.58. The molecule has 0 radical (unpaired) electrons. The zero-order valence-corrected chi connectivity index (χ0v) is 15.0. The maximum atomic E-state index is 12.6. The summed E-state index contributed by atoms with van der Waals surface area (Å²) in [5.41, 5.74) is 2.38. The van der Waals surface area contributed by atoms with Crippen LogP contribution in [0.3, 0.4) is 0 Å². The van der Waals surface area contributed by atoms with Crippen molar-refractivity contribution in [2.75, 3.05) is 27.3 Å². The van der Waals surface area contributed by atoms with Crippen LogP contribution < -0.4 is 9.47 Å². The predicted octanol–water partition coefficient (Wildman–Crippen LogP) is 3.71. The number of ether oxygens (including phenoxy) is 2. The minimum absolute atomic E-state index is 0.186. The minimum Gasteiger partial charge on any atom is -0.493 e. The van der Waals surface area contributed by atoms with Gasteiger partial charge in [-0.1, -0.05) is 6.07 Å². The highest BCUT2D eigenvalue weighted by Crippen LogP contribution is 2.30. The molecule has 1 amide bonds. The number of methoxy groups -OCH3 is 2. The lowest BCUT2D eigenvalue weighted by Gasteiger charge is -2.32. The summed E-state index contributed by atoms with van der Waals surface area (Å²) < 4.78 is 10.6. The number of nitrogens with zero attached hydrogens (tertiary/aromatic N) is 1. The second kappa shape index (κ2) is 7.71. The first-order chi connectivity index (χ1) is 11.7. The average Bonchev–Trinajstić information content (AvgIpc) is 3.16. The number of piperidine rings is 1. The average molecular weight is 345 g/mol. The third-order valence-corrected chi connectivity index (χ3v) is 5.37. The van der Waals surface area contributed by atoms with Crippen LogP contribution in [0.4, 0.5) is 0 Å². The van der Waals surface area contributed by atoms with Crippen LogP contribution in [0, 0.1) is 0 Å². The van der Waals surface area contributed by atoms with Gasteiger partial charge in [-0.05, 0) is 58.8 Å². The number of thiophene rings is 1. The Kier molecular flexibility index (Phi) is 5.41. The second-order valence-corrected chi connectivity index (χ2v) is 6.86. The van der Waals surface area contributed by atoms with Gasteiger partial charge >= 0.3 is 0 Å². The monoisotopic (exact) mass is 345 g/mol. The first-order valence-electron chi connectivity index (χ1n) is 8.22. The molecule has 0 bridgehead atoms. The van der Waals surface area contributed by atoms with E-state index < -0.39 is 0 Å². The molecule has 0 unspecified atom stereocenters. The van der Waals surface area contributed by atoms with Crippen molar-refractivity contribution >= 4 is 17.2 Å². The number of hydrogen-bond donors (Lipinski definition) is 0. The van der Waals surface area contributed by atoms with E-state index in [1.165, 1.54) is 5.56 Å². The van der Waals surface area contributed by atoms with E-state index in [0.29, 0.717) is 23.8 Å². The van der Waals surface area contributed by atoms with Crippen LogP contribution in [0.25, 0.3) is 0 Å². The number of carbonyl (C=O) groups is 1. The molecule has 3 rings (SSSR count). The molecule has 0 atom stereocenters. The molecule has 1 aliphatic heterocycles. The third-order valence-electron chi connectivity index (χ3n) is 4.67. The molecule has 0 aliphatic carbocycles. The Bertz CT molecular complexity index is 676. The molecule has 1 fully saturated rings. The van der Waals surface area contributed by atoms with Gasteiger partial charge in [-0.25, -0.2) is 0 Å². The highest BCUT2D eigenvalue weighted by Gasteiger charge is 2.24. The summed E-state index contributed by atoms with van der Waals surface area (Å²) in [7, 11) is 3.22. The summed E-state index contributed by atoms with van der Waals surface area (Å²) >= 11 is 1.75. The van der Waals surface area contributed by atoms with Crippen LogP contribution in [0.15, 0.2) is 35.0 Å². The zero-order chi connectivity index (χ0) is 16.9. The molecule has 2 heterocycles. The SMILES string of the molecule is COc1ccc(CC(=O)N2CCC(c3ccsc3)CC2)cc1OC. The van der Waals surface area contributed by atoms with Crippen LogP contribution in [0.1, 0.15) is 29.9 Å². The molecule has 0 spiro atoms. The standard InChI is InChI=1S/C19H23NO3S/c1-22-17-4-3-14(11-18(17)23-2)12-19(21)20-8-5-15(6-9-20)16-7-10-24-13-16/h3-4,7,10-11,13,15H,5-6,8-9,12H2,1-2H3. The number of carbonyl (C=O) groups excluding carboxylic acids is 1. The van der Waals surface area contributed by atoms with Crippen molar-refractivity contribution in [1.29, 1.82) is 0 Å². The lowest BCUT2D eigenvalue weighted by atomic mass is 9.91. The molecule has 1 aromatic heterocycles. The first-order valence-corrected chi connectivity index (χ1v) is 9.16. The molecule has 128 valence electrons. The van der Waals surface area contributed by atoms with E-state index in [1.54, 1.807) is 25.6 Å². The summed E-state index contributed by atoms with van der Waals surface area (Å²) in [5, 5.41) is 4.36. The Labute approximate surface area is 147 Å². The fourth-order valence-electron chi connectivity index (χ4n) is 3.25. The molecule has 2 aromatic rings. The molecule has 0 saturated carbocycles. The quantitative estimate of drug-likeness (QED) is 0.829. The molecule has 4 nitrogen and oxygen atoms in total. The summed E-state index contributed by atoms with van der Waals surface area (Å²) in [6, 6.07) is 7.87. The smallest absolute Gasteiger partial charge is 0.226 e. The van der Waals surface area contributed by atoms with Crippen LogP contribution >= 0.6 is 11.3 Å². The molecular formula is C19H23NO3S. The maximum absolute atomic E-state index is 12.6. The predicted molar refractivity (Wildman–Crippen MR) is 96.1 cm³/mol. The normalized spacial score (nSPS) is 15.3. The highest BCUT2D eigenvalue weighted by molar-refractivity contribution is 7.07. The number of benzene rings is 1. The van der Waals surface area contributed by atoms with E-state index in [2.05, 4.69) is 16.8 Å². The van der Waals surface area contributed by atoms with Crippen LogP contribution in [0.5, 0.6) is 11.5 Å². The molecule has 1 aromatic carbocycles. The summed E-state index contributed by atoms with van der Waals surface area (Å²) in [6.45, 7) is 1.68. The number of rotatable bonds is 5. The zero-order valence-electron chi connectivity index (χ0n) is 14.2. The van der Waals surface area contributed by atoms with Gasteiger partial charge in [0.2, 0.25) is 5.91 Å². The van der Waals surface area contributed by atoms with Crippen molar-refractivity contribution < 1.29 is 14.3 Å². The summed E-state index contributed by atoms with van der Waals surface area (Å²) in [4.78, 5) is 14.6. The maximum Gasteiger partial charge on any atom is 0.226 e. The lowest BCUT2D eigenvalue weighted by Crippen LogP contribution is -2.38. The summed E-state index contributed by atoms with van der Waals surface area (Å²) in [6.07, 6.45) is 2.51. The van der Waals surface area contributed by atoms with Gasteiger partial charge in [-0.2, -0.15) is 11.3 Å². The van der Waals surface area contributed by atoms with Gasteiger partial charge in [-0.3, -0.25) is 4.79 Å². The number of likely N-dealkylation sites (tertiary alicyclic amines) is 1. The molecule has 5 heteroatoms. The van der Waals surface area contributed by atoms with Crippen molar-refractivity contribution in [3.63, 3.8) is 0 Å². The first kappa shape index (κ1) is 16.8. The van der Waals surface area contributed by atoms with Gasteiger partial charge in [0.1, 0.15) is 0 Å². The van der Waals surface area contributed by atoms with Crippen LogP contribution in [0.2, 0.25) is 0 Å². The fourth-order valence-corrected chi connectivity index (χ4v) is 3.99. The van der Waals surface area contributed by atoms with E-state index in [9.17, 15) is 4.79 Å². The van der Waals surface area contributed by atoms with Gasteiger partial charge in [0, 0.05) is 13.1 Å². The molecule has 24 heavy (non-hydrogen) atoms. The lowest BCUT2D eigenvalue weighted by molar-refractivity contribution is -0.131. The Morgan fingerprint density at radius 1 is 1.17 bits per heavy atom. The second-order valence-electron chi connectivity index (χ2n) is 6.08. The van der Waals surface area contributed by atoms with Crippen LogP contribution in [-0.4, -0.2) is 38.1 Å². The van der Waals surface area contributed by atoms with Gasteiger partial charge in [-0.15, -0.1) is 0 Å². The third kappa shape index (κ3) is 3.73. The van der Waals surface area contributed by atoms with Crippen molar-refractivity contribution in [3.05, 3.63) is 46.2 Å². The molecular weight excluding hydrogens is 322 g/mol. The van der Waals surface area contributed by atoms with Crippen molar-refractivity contribution in [1.82, 2.24) is 4.90 Å². The fraction of sp³-hybridized carbons (Fsp3) is 0.421. The Morgan fingerprint density at radius 2 is 1.92 bits per heavy atom. The number of amides is 1. The topological polar surface area (TPSA) is 38.8 Å². The Morgan fingerprint density at radius 3 is 2.54 bits per heavy atom. The van der Waals surface area contributed by atoms with Crippen LogP contribution in [-0.2, 0) is 11.2 Å². The van der Waals surface area contributed by atoms with E-state index >= 15 is 0 Å². The summed E-state index contributed by atoms with van der Waals surface area (Å²) in [5.74, 6) is 2.14. The molecule has 1 aliphatic rings. The minimum atomic E-state index is 0.186. The van der Waals surface area contributed by atoms with Crippen molar-refractivity contribution in [3.8, 4) is 11.5 Å². The van der Waals surface area contributed by atoms with Gasteiger partial charge in [0.25, 0.3) is 0 Å². The van der Waals surface area contributed by atoms with E-state index in [4.69, 9.17) is 9.47 Å². The van der Waals surface area contributed by atoms with Crippen molar-refractivity contribution in [2.45, 2.75) is 25.2 Å². The van der Waals surface area contributed by atoms with Gasteiger partial charge in [0.05, 0.1) is 20.6 Å². The number of hydrogen-bond acceptors (Lipinski definition) is 4. The molecule has 1 saturated heterocycles. The van der Waals surface area contributed by atoms with Gasteiger partial charge < -0.3 is 14.4 Å². The van der Waals surface area contributed by atoms with E-state index in [0.717, 1.165) is 31.5 Å². The van der Waals surface area contributed by atoms with Crippen molar-refractivity contribution in [2.24, 2.45) is 0 Å². The molecule has 0 N–H and O–H groups in total.